The third-order valence-electron chi connectivity index (χ3n) is 4.84. The molecule has 0 bridgehead atoms. The monoisotopic (exact) mass is 450 g/mol. The van der Waals surface area contributed by atoms with Crippen molar-refractivity contribution in [1.29, 1.82) is 0 Å². The molecule has 8 heteroatoms. The number of esters is 1. The Kier molecular flexibility index (Phi) is 7.82. The first kappa shape index (κ1) is 24.0. The van der Waals surface area contributed by atoms with E-state index in [1.54, 1.807) is 27.7 Å². The number of nitrogens with one attached hydrogen (secondary N) is 1. The van der Waals surface area contributed by atoms with Crippen molar-refractivity contribution in [3.05, 3.63) is 83.7 Å². The minimum Gasteiger partial charge on any atom is -0.459 e. The van der Waals surface area contributed by atoms with E-state index in [9.17, 15) is 9.59 Å². The molecule has 0 aliphatic carbocycles. The van der Waals surface area contributed by atoms with Crippen LogP contribution in [0.1, 0.15) is 56.6 Å². The van der Waals surface area contributed by atoms with Crippen molar-refractivity contribution in [2.45, 2.75) is 58.4 Å². The molecule has 0 saturated heterocycles. The van der Waals surface area contributed by atoms with Gasteiger partial charge in [0.1, 0.15) is 12.2 Å². The van der Waals surface area contributed by atoms with Gasteiger partial charge in [-0.3, -0.25) is 0 Å². The Labute approximate surface area is 193 Å². The van der Waals surface area contributed by atoms with E-state index in [-0.39, 0.29) is 6.61 Å². The van der Waals surface area contributed by atoms with Crippen LogP contribution in [-0.4, -0.2) is 32.7 Å². The summed E-state index contributed by atoms with van der Waals surface area (Å²) in [5, 5.41) is 10.9. The molecule has 0 radical (unpaired) electrons. The van der Waals surface area contributed by atoms with E-state index in [0.29, 0.717) is 12.1 Å². The summed E-state index contributed by atoms with van der Waals surface area (Å²) >= 11 is 0. The molecule has 1 heterocycles. The fourth-order valence-corrected chi connectivity index (χ4v) is 3.29. The normalized spacial score (nSPS) is 13.1. The van der Waals surface area contributed by atoms with Gasteiger partial charge in [0.2, 0.25) is 0 Å². The summed E-state index contributed by atoms with van der Waals surface area (Å²) in [7, 11) is 0. The van der Waals surface area contributed by atoms with Gasteiger partial charge in [-0.15, -0.1) is 5.10 Å². The summed E-state index contributed by atoms with van der Waals surface area (Å²) in [4.78, 5) is 25.4. The predicted octanol–water partition coefficient (Wildman–Crippen LogP) is 4.39. The van der Waals surface area contributed by atoms with Gasteiger partial charge in [-0.05, 0) is 38.8 Å². The van der Waals surface area contributed by atoms with Gasteiger partial charge in [-0.1, -0.05) is 65.9 Å². The van der Waals surface area contributed by atoms with E-state index in [2.05, 4.69) is 15.6 Å². The van der Waals surface area contributed by atoms with Gasteiger partial charge < -0.3 is 14.8 Å². The first-order chi connectivity index (χ1) is 15.7. The third-order valence-corrected chi connectivity index (χ3v) is 4.84. The van der Waals surface area contributed by atoms with Gasteiger partial charge in [-0.2, -0.15) is 0 Å². The second kappa shape index (κ2) is 10.8. The fraction of sp³-hybridized carbons (Fsp3) is 0.360. The van der Waals surface area contributed by atoms with Crippen LogP contribution in [0.25, 0.3) is 0 Å². The Morgan fingerprint density at radius 3 is 2.21 bits per heavy atom. The minimum atomic E-state index is -0.753. The van der Waals surface area contributed by atoms with Crippen LogP contribution in [0.4, 0.5) is 4.79 Å². The summed E-state index contributed by atoms with van der Waals surface area (Å²) in [6.07, 6.45) is 1.34. The topological polar surface area (TPSA) is 95.3 Å². The molecule has 0 saturated carbocycles. The maximum absolute atomic E-state index is 13.2. The molecule has 0 unspecified atom stereocenters. The molecule has 0 aliphatic rings. The molecular weight excluding hydrogens is 420 g/mol. The van der Waals surface area contributed by atoms with Crippen LogP contribution in [-0.2, 0) is 27.3 Å². The van der Waals surface area contributed by atoms with E-state index in [4.69, 9.17) is 9.47 Å². The molecule has 2 atom stereocenters. The number of nitrogens with zero attached hydrogens (tertiary/aromatic N) is 3. The van der Waals surface area contributed by atoms with Gasteiger partial charge in [0.15, 0.2) is 6.04 Å². The second-order valence-electron chi connectivity index (χ2n) is 8.77. The minimum absolute atomic E-state index is 0.153. The zero-order valence-corrected chi connectivity index (χ0v) is 19.4. The summed E-state index contributed by atoms with van der Waals surface area (Å²) in [6, 6.07) is 17.9. The van der Waals surface area contributed by atoms with Gasteiger partial charge in [0.05, 0.1) is 17.9 Å². The number of amides is 1. The number of benzene rings is 2. The molecule has 1 N–H and O–H groups in total. The van der Waals surface area contributed by atoms with E-state index in [0.717, 1.165) is 11.1 Å². The first-order valence-corrected chi connectivity index (χ1v) is 10.9. The molecule has 3 aromatic rings. The number of hydrogen-bond donors (Lipinski definition) is 1. The molecule has 0 fully saturated rings. The van der Waals surface area contributed by atoms with E-state index in [1.807, 2.05) is 60.7 Å². The fourth-order valence-electron chi connectivity index (χ4n) is 3.29. The summed E-state index contributed by atoms with van der Waals surface area (Å²) in [5.41, 5.74) is 1.79. The molecule has 0 spiro atoms. The predicted molar refractivity (Wildman–Crippen MR) is 123 cm³/mol. The van der Waals surface area contributed by atoms with Crippen molar-refractivity contribution >= 4 is 12.1 Å². The van der Waals surface area contributed by atoms with Crippen LogP contribution in [0.3, 0.4) is 0 Å². The molecule has 1 aromatic heterocycles. The molecule has 33 heavy (non-hydrogen) atoms. The first-order valence-electron chi connectivity index (χ1n) is 10.9. The van der Waals surface area contributed by atoms with Crippen molar-refractivity contribution in [3.8, 4) is 0 Å². The zero-order chi connectivity index (χ0) is 23.8. The number of aromatic nitrogens is 3. The lowest BCUT2D eigenvalue weighted by molar-refractivity contribution is -0.149. The average Bonchev–Trinajstić information content (AvgIpc) is 3.25. The Morgan fingerprint density at radius 2 is 1.61 bits per heavy atom. The number of hydrogen-bond acceptors (Lipinski definition) is 6. The van der Waals surface area contributed by atoms with E-state index in [1.165, 1.54) is 10.9 Å². The number of carbonyl (C=O) groups excluding carboxylic acids is 2. The molecule has 1 amide bonds. The van der Waals surface area contributed by atoms with Crippen LogP contribution in [0.5, 0.6) is 0 Å². The van der Waals surface area contributed by atoms with E-state index >= 15 is 0 Å². The zero-order valence-electron chi connectivity index (χ0n) is 19.4. The van der Waals surface area contributed by atoms with Gasteiger partial charge in [0.25, 0.3) is 0 Å². The van der Waals surface area contributed by atoms with E-state index < -0.39 is 29.7 Å². The lowest BCUT2D eigenvalue weighted by Gasteiger charge is -2.23. The number of rotatable bonds is 8. The maximum Gasteiger partial charge on any atom is 0.408 e. The largest absolute Gasteiger partial charge is 0.459 e. The molecule has 0 aliphatic heterocycles. The van der Waals surface area contributed by atoms with Crippen molar-refractivity contribution in [1.82, 2.24) is 20.3 Å². The molecule has 8 nitrogen and oxygen atoms in total. The van der Waals surface area contributed by atoms with Gasteiger partial charge in [0, 0.05) is 6.42 Å². The van der Waals surface area contributed by atoms with Crippen LogP contribution < -0.4 is 5.32 Å². The molecular formula is C25H30N4O4. The van der Waals surface area contributed by atoms with Crippen molar-refractivity contribution in [2.75, 3.05) is 0 Å². The van der Waals surface area contributed by atoms with Crippen LogP contribution in [0.2, 0.25) is 0 Å². The Morgan fingerprint density at radius 1 is 1.00 bits per heavy atom. The highest BCUT2D eigenvalue weighted by atomic mass is 16.6. The van der Waals surface area contributed by atoms with Crippen molar-refractivity contribution in [3.63, 3.8) is 0 Å². The van der Waals surface area contributed by atoms with Crippen molar-refractivity contribution in [2.24, 2.45) is 0 Å². The Hall–Kier alpha value is -3.68. The Balaban J connectivity index is 1.81. The van der Waals surface area contributed by atoms with Crippen LogP contribution in [0, 0.1) is 0 Å². The summed E-state index contributed by atoms with van der Waals surface area (Å²) in [6.45, 7) is 7.32. The molecule has 174 valence electrons. The smallest absolute Gasteiger partial charge is 0.408 e. The quantitative estimate of drug-likeness (QED) is 0.512. The highest BCUT2D eigenvalue weighted by Gasteiger charge is 2.29. The molecule has 2 aromatic carbocycles. The van der Waals surface area contributed by atoms with Crippen LogP contribution in [0.15, 0.2) is 66.9 Å². The van der Waals surface area contributed by atoms with Gasteiger partial charge >= 0.3 is 12.1 Å². The maximum atomic E-state index is 13.2. The van der Waals surface area contributed by atoms with Crippen LogP contribution >= 0.6 is 0 Å². The number of ether oxygens (including phenoxy) is 2. The summed E-state index contributed by atoms with van der Waals surface area (Å²) in [5.74, 6) is -0.432. The average molecular weight is 451 g/mol. The Bertz CT molecular complexity index is 1050. The lowest BCUT2D eigenvalue weighted by atomic mass is 10.1. The number of carbonyl (C=O) groups is 2. The highest BCUT2D eigenvalue weighted by Crippen LogP contribution is 2.22. The third kappa shape index (κ3) is 7.17. The van der Waals surface area contributed by atoms with Crippen molar-refractivity contribution < 1.29 is 19.1 Å². The SMILES string of the molecule is C[C@H](NC(=O)OC(C)(C)C)c1cnnn1[C@@H](Cc1ccccc1)C(=O)OCc1ccccc1. The van der Waals surface area contributed by atoms with Gasteiger partial charge in [-0.25, -0.2) is 14.3 Å². The highest BCUT2D eigenvalue weighted by molar-refractivity contribution is 5.75. The second-order valence-corrected chi connectivity index (χ2v) is 8.77. The summed E-state index contributed by atoms with van der Waals surface area (Å²) < 4.78 is 12.5. The lowest BCUT2D eigenvalue weighted by Crippen LogP contribution is -2.36. The standard InChI is InChI=1S/C25H30N4O4/c1-18(27-24(31)33-25(2,3)4)22-16-26-28-29(22)21(15-19-11-7-5-8-12-19)23(30)32-17-20-13-9-6-10-14-20/h5-14,16,18,21H,15,17H2,1-4H3,(H,27,31)/t18-,21-/m0/s1. The molecule has 3 rings (SSSR count). The number of alkyl carbamates (subject to hydrolysis) is 1.